The van der Waals surface area contributed by atoms with Crippen LogP contribution in [0.2, 0.25) is 0 Å². The molecule has 0 radical (unpaired) electrons. The first-order valence-electron chi connectivity index (χ1n) is 4.54. The Balaban J connectivity index is 2.10. The maximum Gasteiger partial charge on any atom is 0.124 e. The summed E-state index contributed by atoms with van der Waals surface area (Å²) in [6.07, 6.45) is 6.09. The molecule has 1 saturated heterocycles. The minimum Gasteiger partial charge on any atom is -0.316 e. The summed E-state index contributed by atoms with van der Waals surface area (Å²) in [6.45, 7) is 2.18. The highest BCUT2D eigenvalue weighted by Crippen LogP contribution is 2.20. The minimum atomic E-state index is 0.550. The fraction of sp³-hybridized carbons (Fsp3) is 0.556. The van der Waals surface area contributed by atoms with Crippen molar-refractivity contribution in [2.24, 2.45) is 0 Å². The van der Waals surface area contributed by atoms with E-state index in [4.69, 9.17) is 0 Å². The lowest BCUT2D eigenvalue weighted by Crippen LogP contribution is -2.28. The number of nitrogens with one attached hydrogen (secondary N) is 1. The van der Waals surface area contributed by atoms with Crippen molar-refractivity contribution in [3.05, 3.63) is 22.7 Å². The first-order chi connectivity index (χ1) is 6.36. The van der Waals surface area contributed by atoms with Crippen molar-refractivity contribution < 1.29 is 0 Å². The highest BCUT2D eigenvalue weighted by molar-refractivity contribution is 9.10. The number of rotatable bonds is 1. The monoisotopic (exact) mass is 241 g/mol. The molecule has 13 heavy (non-hydrogen) atoms. The Morgan fingerprint density at radius 2 is 2.31 bits per heavy atom. The summed E-state index contributed by atoms with van der Waals surface area (Å²) in [5.41, 5.74) is 1.11. The normalized spacial score (nSPS) is 23.0. The summed E-state index contributed by atoms with van der Waals surface area (Å²) in [6, 6.07) is 0. The molecular weight excluding hydrogens is 230 g/mol. The van der Waals surface area contributed by atoms with Crippen LogP contribution in [0.3, 0.4) is 0 Å². The summed E-state index contributed by atoms with van der Waals surface area (Å²) >= 11 is 3.28. The Morgan fingerprint density at radius 3 is 2.92 bits per heavy atom. The quantitative estimate of drug-likeness (QED) is 0.814. The molecule has 1 atom stereocenters. The third-order valence-corrected chi connectivity index (χ3v) is 2.76. The van der Waals surface area contributed by atoms with E-state index in [1.807, 2.05) is 6.20 Å². The van der Waals surface area contributed by atoms with Crippen molar-refractivity contribution in [1.29, 1.82) is 0 Å². The molecule has 0 aliphatic carbocycles. The van der Waals surface area contributed by atoms with E-state index < -0.39 is 0 Å². The van der Waals surface area contributed by atoms with Gasteiger partial charge in [-0.15, -0.1) is 0 Å². The second-order valence-corrected chi connectivity index (χ2v) is 4.12. The van der Waals surface area contributed by atoms with Crippen LogP contribution in [0.1, 0.15) is 24.5 Å². The Hall–Kier alpha value is -0.480. The maximum absolute atomic E-state index is 4.35. The molecule has 0 spiro atoms. The lowest BCUT2D eigenvalue weighted by Gasteiger charge is -2.21. The standard InChI is InChI=1S/C9H12BrN3/c10-9-6-12-8(5-13-9)7-2-1-3-11-4-7/h5-7,11H,1-4H2. The molecule has 0 aromatic carbocycles. The molecule has 70 valence electrons. The number of aromatic nitrogens is 2. The first-order valence-corrected chi connectivity index (χ1v) is 5.34. The lowest BCUT2D eigenvalue weighted by molar-refractivity contribution is 0.453. The minimum absolute atomic E-state index is 0.550. The average Bonchev–Trinajstić information content (AvgIpc) is 2.20. The lowest BCUT2D eigenvalue weighted by atomic mass is 9.97. The van der Waals surface area contributed by atoms with E-state index in [0.717, 1.165) is 23.4 Å². The smallest absolute Gasteiger partial charge is 0.124 e. The zero-order valence-corrected chi connectivity index (χ0v) is 8.92. The average molecular weight is 242 g/mol. The number of hydrogen-bond donors (Lipinski definition) is 1. The van der Waals surface area contributed by atoms with Crippen LogP contribution in [-0.2, 0) is 0 Å². The highest BCUT2D eigenvalue weighted by atomic mass is 79.9. The van der Waals surface area contributed by atoms with E-state index in [1.54, 1.807) is 6.20 Å². The molecule has 3 nitrogen and oxygen atoms in total. The third-order valence-electron chi connectivity index (χ3n) is 2.36. The van der Waals surface area contributed by atoms with Crippen molar-refractivity contribution in [2.75, 3.05) is 13.1 Å². The molecule has 1 unspecified atom stereocenters. The van der Waals surface area contributed by atoms with E-state index in [9.17, 15) is 0 Å². The van der Waals surface area contributed by atoms with Gasteiger partial charge in [0.2, 0.25) is 0 Å². The SMILES string of the molecule is Brc1cnc(C2CCCNC2)cn1. The van der Waals surface area contributed by atoms with E-state index >= 15 is 0 Å². The van der Waals surface area contributed by atoms with Crippen LogP contribution in [-0.4, -0.2) is 23.1 Å². The van der Waals surface area contributed by atoms with Crippen LogP contribution in [0, 0.1) is 0 Å². The van der Waals surface area contributed by atoms with E-state index in [1.165, 1.54) is 12.8 Å². The summed E-state index contributed by atoms with van der Waals surface area (Å²) < 4.78 is 0.806. The van der Waals surface area contributed by atoms with E-state index in [0.29, 0.717) is 5.92 Å². The molecule has 1 fully saturated rings. The van der Waals surface area contributed by atoms with E-state index in [-0.39, 0.29) is 0 Å². The Kier molecular flexibility index (Phi) is 2.90. The molecule has 1 N–H and O–H groups in total. The molecule has 2 heterocycles. The molecule has 2 rings (SSSR count). The van der Waals surface area contributed by atoms with Gasteiger partial charge in [0.25, 0.3) is 0 Å². The van der Waals surface area contributed by atoms with Crippen LogP contribution in [0.15, 0.2) is 17.0 Å². The molecule has 0 amide bonds. The Bertz CT molecular complexity index is 267. The van der Waals surface area contributed by atoms with Gasteiger partial charge in [-0.2, -0.15) is 0 Å². The summed E-state index contributed by atoms with van der Waals surface area (Å²) in [5.74, 6) is 0.550. The zero-order chi connectivity index (χ0) is 9.10. The maximum atomic E-state index is 4.35. The predicted octanol–water partition coefficient (Wildman–Crippen LogP) is 1.71. The van der Waals surface area contributed by atoms with Crippen LogP contribution < -0.4 is 5.32 Å². The molecule has 1 aromatic rings. The number of hydrogen-bond acceptors (Lipinski definition) is 3. The van der Waals surface area contributed by atoms with Crippen molar-refractivity contribution in [3.8, 4) is 0 Å². The van der Waals surface area contributed by atoms with Gasteiger partial charge < -0.3 is 5.32 Å². The third kappa shape index (κ3) is 2.25. The second-order valence-electron chi connectivity index (χ2n) is 3.31. The van der Waals surface area contributed by atoms with Crippen LogP contribution in [0.4, 0.5) is 0 Å². The van der Waals surface area contributed by atoms with Crippen molar-refractivity contribution in [2.45, 2.75) is 18.8 Å². The van der Waals surface area contributed by atoms with Crippen LogP contribution in [0.25, 0.3) is 0 Å². The number of piperidine rings is 1. The van der Waals surface area contributed by atoms with Crippen molar-refractivity contribution >= 4 is 15.9 Å². The fourth-order valence-electron chi connectivity index (χ4n) is 1.64. The molecule has 1 aliphatic heterocycles. The van der Waals surface area contributed by atoms with Crippen molar-refractivity contribution in [3.63, 3.8) is 0 Å². The van der Waals surface area contributed by atoms with Gasteiger partial charge in [-0.05, 0) is 35.3 Å². The van der Waals surface area contributed by atoms with Gasteiger partial charge in [-0.3, -0.25) is 4.98 Å². The molecule has 4 heteroatoms. The summed E-state index contributed by atoms with van der Waals surface area (Å²) in [4.78, 5) is 8.53. The van der Waals surface area contributed by atoms with Gasteiger partial charge in [-0.25, -0.2) is 4.98 Å². The molecule has 0 saturated carbocycles. The molecule has 1 aliphatic rings. The van der Waals surface area contributed by atoms with Gasteiger partial charge in [0, 0.05) is 12.5 Å². The van der Waals surface area contributed by atoms with Gasteiger partial charge in [0.1, 0.15) is 4.60 Å². The number of nitrogens with zero attached hydrogens (tertiary/aromatic N) is 2. The number of halogens is 1. The molecule has 0 bridgehead atoms. The van der Waals surface area contributed by atoms with Gasteiger partial charge in [0.15, 0.2) is 0 Å². The second kappa shape index (κ2) is 4.15. The summed E-state index contributed by atoms with van der Waals surface area (Å²) in [7, 11) is 0. The van der Waals surface area contributed by atoms with Crippen LogP contribution >= 0.6 is 15.9 Å². The van der Waals surface area contributed by atoms with Gasteiger partial charge >= 0.3 is 0 Å². The largest absolute Gasteiger partial charge is 0.316 e. The van der Waals surface area contributed by atoms with Gasteiger partial charge in [0.05, 0.1) is 18.1 Å². The topological polar surface area (TPSA) is 37.8 Å². The first kappa shape index (κ1) is 9.09. The van der Waals surface area contributed by atoms with E-state index in [2.05, 4.69) is 31.2 Å². The summed E-state index contributed by atoms with van der Waals surface area (Å²) in [5, 5.41) is 3.37. The highest BCUT2D eigenvalue weighted by Gasteiger charge is 2.16. The predicted molar refractivity (Wildman–Crippen MR) is 54.6 cm³/mol. The van der Waals surface area contributed by atoms with Crippen LogP contribution in [0.5, 0.6) is 0 Å². The Labute approximate surface area is 86.1 Å². The molecular formula is C9H12BrN3. The van der Waals surface area contributed by atoms with Gasteiger partial charge in [-0.1, -0.05) is 0 Å². The zero-order valence-electron chi connectivity index (χ0n) is 7.33. The molecule has 1 aromatic heterocycles. The fourth-order valence-corrected chi connectivity index (χ4v) is 1.84. The van der Waals surface area contributed by atoms with Crippen molar-refractivity contribution in [1.82, 2.24) is 15.3 Å². The Morgan fingerprint density at radius 1 is 1.38 bits per heavy atom.